The van der Waals surface area contributed by atoms with Gasteiger partial charge >= 0.3 is 0 Å². The van der Waals surface area contributed by atoms with E-state index in [4.69, 9.17) is 0 Å². The Morgan fingerprint density at radius 3 is 2.32 bits per heavy atom. The summed E-state index contributed by atoms with van der Waals surface area (Å²) in [5, 5.41) is 3.21. The summed E-state index contributed by atoms with van der Waals surface area (Å²) in [6.45, 7) is 6.81. The molecule has 1 aromatic rings. The highest BCUT2D eigenvalue weighted by atomic mass is 19.1. The van der Waals surface area contributed by atoms with Crippen LogP contribution >= 0.6 is 0 Å². The van der Waals surface area contributed by atoms with Gasteiger partial charge in [-0.2, -0.15) is 0 Å². The summed E-state index contributed by atoms with van der Waals surface area (Å²) >= 11 is 0. The maximum absolute atomic E-state index is 12.9. The molecule has 0 aliphatic carbocycles. The van der Waals surface area contributed by atoms with E-state index in [1.807, 2.05) is 0 Å². The van der Waals surface area contributed by atoms with Gasteiger partial charge in [-0.25, -0.2) is 8.78 Å². The van der Waals surface area contributed by atoms with E-state index >= 15 is 0 Å². The molecule has 0 unspecified atom stereocenters. The first-order chi connectivity index (χ1) is 8.99. The summed E-state index contributed by atoms with van der Waals surface area (Å²) in [7, 11) is 2.12. The van der Waals surface area contributed by atoms with Gasteiger partial charge in [0.1, 0.15) is 11.6 Å². The fraction of sp³-hybridized carbons (Fsp3) is 0.600. The van der Waals surface area contributed by atoms with Crippen molar-refractivity contribution in [2.45, 2.75) is 39.3 Å². The number of nitrogens with one attached hydrogen (secondary N) is 1. The number of unbranched alkanes of at least 4 members (excludes halogenated alkanes) is 1. The summed E-state index contributed by atoms with van der Waals surface area (Å²) in [5.74, 6) is -1.04. The Kier molecular flexibility index (Phi) is 6.95. The van der Waals surface area contributed by atoms with Crippen molar-refractivity contribution in [3.8, 4) is 0 Å². The average molecular weight is 270 g/mol. The highest BCUT2D eigenvalue weighted by Gasteiger charge is 2.02. The van der Waals surface area contributed by atoms with E-state index in [-0.39, 0.29) is 0 Å². The minimum absolute atomic E-state index is 0.509. The average Bonchev–Trinajstić information content (AvgIpc) is 2.31. The molecule has 1 rings (SSSR count). The Bertz CT molecular complexity index is 360. The van der Waals surface area contributed by atoms with Gasteiger partial charge in [-0.05, 0) is 64.5 Å². The molecule has 0 radical (unpaired) electrons. The van der Waals surface area contributed by atoms with E-state index in [9.17, 15) is 8.78 Å². The van der Waals surface area contributed by atoms with Crippen molar-refractivity contribution in [3.05, 3.63) is 35.4 Å². The quantitative estimate of drug-likeness (QED) is 0.730. The van der Waals surface area contributed by atoms with Gasteiger partial charge in [0.15, 0.2) is 0 Å². The molecule has 2 nitrogen and oxygen atoms in total. The molecule has 0 saturated heterocycles. The summed E-state index contributed by atoms with van der Waals surface area (Å²) < 4.78 is 25.9. The maximum atomic E-state index is 12.9. The Labute approximate surface area is 114 Å². The van der Waals surface area contributed by atoms with Gasteiger partial charge in [0.2, 0.25) is 0 Å². The summed E-state index contributed by atoms with van der Waals surface area (Å²) in [6, 6.07) is 4.19. The van der Waals surface area contributed by atoms with Crippen LogP contribution in [0.25, 0.3) is 0 Å². The van der Waals surface area contributed by atoms with Crippen molar-refractivity contribution in [1.29, 1.82) is 0 Å². The van der Waals surface area contributed by atoms with Crippen LogP contribution < -0.4 is 5.32 Å². The molecule has 4 heteroatoms. The van der Waals surface area contributed by atoms with Crippen LogP contribution in [0.1, 0.15) is 32.3 Å². The van der Waals surface area contributed by atoms with Gasteiger partial charge in [0.25, 0.3) is 0 Å². The van der Waals surface area contributed by atoms with Crippen molar-refractivity contribution in [1.82, 2.24) is 10.2 Å². The van der Waals surface area contributed by atoms with Crippen LogP contribution in [0.5, 0.6) is 0 Å². The molecule has 0 amide bonds. The third kappa shape index (κ3) is 6.64. The molecular weight excluding hydrogens is 246 g/mol. The van der Waals surface area contributed by atoms with E-state index < -0.39 is 11.6 Å². The third-order valence-electron chi connectivity index (χ3n) is 3.25. The van der Waals surface area contributed by atoms with Gasteiger partial charge < -0.3 is 10.2 Å². The smallest absolute Gasteiger partial charge is 0.126 e. The van der Waals surface area contributed by atoms with Gasteiger partial charge in [0, 0.05) is 18.7 Å². The standard InChI is InChI=1S/C15H24F2N2/c1-12(2)19(3)7-5-4-6-18-11-13-8-14(16)10-15(17)9-13/h8-10,12,18H,4-7,11H2,1-3H3. The molecule has 0 fully saturated rings. The lowest BCUT2D eigenvalue weighted by atomic mass is 10.2. The number of nitrogens with zero attached hydrogens (tertiary/aromatic N) is 1. The van der Waals surface area contributed by atoms with Crippen molar-refractivity contribution >= 4 is 0 Å². The summed E-state index contributed by atoms with van der Waals surface area (Å²) in [4.78, 5) is 2.31. The Hall–Kier alpha value is -1.00. The summed E-state index contributed by atoms with van der Waals surface area (Å²) in [5.41, 5.74) is 0.650. The molecule has 1 N–H and O–H groups in total. The lowest BCUT2D eigenvalue weighted by Gasteiger charge is -2.20. The lowest BCUT2D eigenvalue weighted by Crippen LogP contribution is -2.27. The molecule has 0 aliphatic rings. The normalized spacial score (nSPS) is 11.5. The first-order valence-electron chi connectivity index (χ1n) is 6.85. The third-order valence-corrected chi connectivity index (χ3v) is 3.25. The fourth-order valence-corrected chi connectivity index (χ4v) is 1.82. The monoisotopic (exact) mass is 270 g/mol. The van der Waals surface area contributed by atoms with Gasteiger partial charge in [-0.15, -0.1) is 0 Å². The topological polar surface area (TPSA) is 15.3 Å². The maximum Gasteiger partial charge on any atom is 0.126 e. The molecule has 0 bridgehead atoms. The van der Waals surface area contributed by atoms with E-state index in [1.54, 1.807) is 0 Å². The molecule has 108 valence electrons. The molecule has 1 aromatic carbocycles. The molecular formula is C15H24F2N2. The lowest BCUT2D eigenvalue weighted by molar-refractivity contribution is 0.268. The predicted molar refractivity (Wildman–Crippen MR) is 75.1 cm³/mol. The van der Waals surface area contributed by atoms with Gasteiger partial charge in [-0.1, -0.05) is 0 Å². The summed E-state index contributed by atoms with van der Waals surface area (Å²) in [6.07, 6.45) is 2.19. The van der Waals surface area contributed by atoms with Crippen LogP contribution in [0.15, 0.2) is 18.2 Å². The first-order valence-corrected chi connectivity index (χ1v) is 6.85. The van der Waals surface area contributed by atoms with Crippen molar-refractivity contribution in [2.24, 2.45) is 0 Å². The van der Waals surface area contributed by atoms with Crippen LogP contribution in [-0.2, 0) is 6.54 Å². The second-order valence-corrected chi connectivity index (χ2v) is 5.24. The van der Waals surface area contributed by atoms with E-state index in [1.165, 1.54) is 12.1 Å². The van der Waals surface area contributed by atoms with Crippen molar-refractivity contribution in [3.63, 3.8) is 0 Å². The number of benzene rings is 1. The largest absolute Gasteiger partial charge is 0.313 e. The minimum Gasteiger partial charge on any atom is -0.313 e. The zero-order valence-corrected chi connectivity index (χ0v) is 12.0. The van der Waals surface area contributed by atoms with Crippen molar-refractivity contribution < 1.29 is 8.78 Å². The number of halogens is 2. The van der Waals surface area contributed by atoms with Crippen LogP contribution in [-0.4, -0.2) is 31.1 Å². The van der Waals surface area contributed by atoms with Crippen LogP contribution in [0.2, 0.25) is 0 Å². The molecule has 0 heterocycles. The Morgan fingerprint density at radius 2 is 1.74 bits per heavy atom. The molecule has 0 saturated carbocycles. The number of hydrogen-bond donors (Lipinski definition) is 1. The molecule has 0 atom stereocenters. The van der Waals surface area contributed by atoms with E-state index in [0.717, 1.165) is 32.0 Å². The SMILES string of the molecule is CC(C)N(C)CCCCNCc1cc(F)cc(F)c1. The first kappa shape index (κ1) is 16.1. The predicted octanol–water partition coefficient (Wildman–Crippen LogP) is 3.17. The van der Waals surface area contributed by atoms with Crippen molar-refractivity contribution in [2.75, 3.05) is 20.1 Å². The second kappa shape index (κ2) is 8.23. The molecule has 19 heavy (non-hydrogen) atoms. The second-order valence-electron chi connectivity index (χ2n) is 5.24. The fourth-order valence-electron chi connectivity index (χ4n) is 1.82. The highest BCUT2D eigenvalue weighted by molar-refractivity contribution is 5.17. The van der Waals surface area contributed by atoms with E-state index in [0.29, 0.717) is 18.2 Å². The zero-order valence-electron chi connectivity index (χ0n) is 12.0. The van der Waals surface area contributed by atoms with Crippen LogP contribution in [0, 0.1) is 11.6 Å². The highest BCUT2D eigenvalue weighted by Crippen LogP contribution is 2.07. The molecule has 0 aromatic heterocycles. The minimum atomic E-state index is -0.518. The van der Waals surface area contributed by atoms with E-state index in [2.05, 4.69) is 31.1 Å². The number of rotatable bonds is 8. The van der Waals surface area contributed by atoms with Gasteiger partial charge in [-0.3, -0.25) is 0 Å². The molecule has 0 aliphatic heterocycles. The van der Waals surface area contributed by atoms with Crippen LogP contribution in [0.3, 0.4) is 0 Å². The Morgan fingerprint density at radius 1 is 1.11 bits per heavy atom. The molecule has 0 spiro atoms. The zero-order chi connectivity index (χ0) is 14.3. The number of hydrogen-bond acceptors (Lipinski definition) is 2. The van der Waals surface area contributed by atoms with Gasteiger partial charge in [0.05, 0.1) is 0 Å². The Balaban J connectivity index is 2.14. The van der Waals surface area contributed by atoms with Crippen LogP contribution in [0.4, 0.5) is 8.78 Å².